The second-order valence-electron chi connectivity index (χ2n) is 4.42. The molecule has 2 rings (SSSR count). The molecule has 21 heavy (non-hydrogen) atoms. The molecular formula is C16H16O5. The zero-order valence-corrected chi connectivity index (χ0v) is 11.6. The number of hydrogen-bond donors (Lipinski definition) is 2. The van der Waals surface area contributed by atoms with Crippen LogP contribution in [-0.2, 0) is 4.74 Å². The van der Waals surface area contributed by atoms with E-state index in [1.165, 1.54) is 12.1 Å². The van der Waals surface area contributed by atoms with Crippen molar-refractivity contribution in [3.8, 4) is 17.2 Å². The molecular weight excluding hydrogens is 272 g/mol. The van der Waals surface area contributed by atoms with Gasteiger partial charge in [-0.05, 0) is 30.7 Å². The van der Waals surface area contributed by atoms with Crippen molar-refractivity contribution in [1.82, 2.24) is 0 Å². The van der Waals surface area contributed by atoms with E-state index in [1.807, 2.05) is 18.2 Å². The van der Waals surface area contributed by atoms with Gasteiger partial charge in [0, 0.05) is 0 Å². The first-order valence-corrected chi connectivity index (χ1v) is 6.46. The topological polar surface area (TPSA) is 76.0 Å². The van der Waals surface area contributed by atoms with Gasteiger partial charge in [-0.2, -0.15) is 0 Å². The number of phenolic OH excluding ortho intramolecular Hbond substituents is 2. The zero-order valence-electron chi connectivity index (χ0n) is 11.6. The van der Waals surface area contributed by atoms with Gasteiger partial charge in [0.2, 0.25) is 0 Å². The van der Waals surface area contributed by atoms with E-state index in [2.05, 4.69) is 0 Å². The van der Waals surface area contributed by atoms with Gasteiger partial charge in [-0.1, -0.05) is 24.3 Å². The highest BCUT2D eigenvalue weighted by Crippen LogP contribution is 2.32. The summed E-state index contributed by atoms with van der Waals surface area (Å²) < 4.78 is 10.4. The van der Waals surface area contributed by atoms with Crippen LogP contribution in [0.3, 0.4) is 0 Å². The van der Waals surface area contributed by atoms with Gasteiger partial charge in [0.05, 0.1) is 0 Å². The summed E-state index contributed by atoms with van der Waals surface area (Å²) in [4.78, 5) is 11.8. The SMILES string of the molecule is Cc1ccc(C(=O)OCCOc2ccccc2)c(O)c1O. The first-order chi connectivity index (χ1) is 10.1. The largest absolute Gasteiger partial charge is 0.504 e. The van der Waals surface area contributed by atoms with Gasteiger partial charge in [0.1, 0.15) is 24.5 Å². The second kappa shape index (κ2) is 6.65. The molecule has 2 N–H and O–H groups in total. The monoisotopic (exact) mass is 288 g/mol. The van der Waals surface area contributed by atoms with Crippen molar-refractivity contribution in [2.45, 2.75) is 6.92 Å². The van der Waals surface area contributed by atoms with Crippen molar-refractivity contribution < 1.29 is 24.5 Å². The molecule has 0 saturated heterocycles. The second-order valence-corrected chi connectivity index (χ2v) is 4.42. The van der Waals surface area contributed by atoms with Gasteiger partial charge in [-0.15, -0.1) is 0 Å². The van der Waals surface area contributed by atoms with E-state index in [-0.39, 0.29) is 24.5 Å². The molecule has 0 aliphatic rings. The lowest BCUT2D eigenvalue weighted by Gasteiger charge is -2.09. The summed E-state index contributed by atoms with van der Waals surface area (Å²) in [7, 11) is 0. The predicted octanol–water partition coefficient (Wildman–Crippen LogP) is 2.64. The number of aromatic hydroxyl groups is 2. The Hall–Kier alpha value is -2.69. The fourth-order valence-corrected chi connectivity index (χ4v) is 1.73. The van der Waals surface area contributed by atoms with Gasteiger partial charge in [0.15, 0.2) is 11.5 Å². The Bertz CT molecular complexity index is 622. The lowest BCUT2D eigenvalue weighted by Crippen LogP contribution is -2.12. The van der Waals surface area contributed by atoms with Crippen molar-refractivity contribution in [2.75, 3.05) is 13.2 Å². The van der Waals surface area contributed by atoms with Crippen LogP contribution in [0.1, 0.15) is 15.9 Å². The number of aryl methyl sites for hydroxylation is 1. The zero-order chi connectivity index (χ0) is 15.2. The van der Waals surface area contributed by atoms with Gasteiger partial charge in [0.25, 0.3) is 0 Å². The van der Waals surface area contributed by atoms with Crippen molar-refractivity contribution in [1.29, 1.82) is 0 Å². The minimum absolute atomic E-state index is 0.0435. The molecule has 0 heterocycles. The lowest BCUT2D eigenvalue weighted by atomic mass is 10.1. The Morgan fingerprint density at radius 3 is 2.43 bits per heavy atom. The number of carbonyl (C=O) groups is 1. The molecule has 0 aliphatic carbocycles. The van der Waals surface area contributed by atoms with Crippen LogP contribution in [0.2, 0.25) is 0 Å². The third-order valence-corrected chi connectivity index (χ3v) is 2.90. The summed E-state index contributed by atoms with van der Waals surface area (Å²) in [6, 6.07) is 12.1. The van der Waals surface area contributed by atoms with E-state index >= 15 is 0 Å². The molecule has 0 aliphatic heterocycles. The molecule has 2 aromatic carbocycles. The first kappa shape index (κ1) is 14.7. The number of para-hydroxylation sites is 1. The lowest BCUT2D eigenvalue weighted by molar-refractivity contribution is 0.0446. The first-order valence-electron chi connectivity index (χ1n) is 6.46. The van der Waals surface area contributed by atoms with Crippen LogP contribution in [-0.4, -0.2) is 29.4 Å². The molecule has 0 fully saturated rings. The normalized spacial score (nSPS) is 10.1. The summed E-state index contributed by atoms with van der Waals surface area (Å²) in [5.41, 5.74) is 0.411. The Labute approximate surface area is 122 Å². The van der Waals surface area contributed by atoms with Crippen LogP contribution in [0.5, 0.6) is 17.2 Å². The number of ether oxygens (including phenoxy) is 2. The molecule has 2 aromatic rings. The van der Waals surface area contributed by atoms with Crippen LogP contribution in [0.4, 0.5) is 0 Å². The van der Waals surface area contributed by atoms with Crippen molar-refractivity contribution >= 4 is 5.97 Å². The van der Waals surface area contributed by atoms with E-state index < -0.39 is 11.7 Å². The molecule has 0 spiro atoms. The van der Waals surface area contributed by atoms with Gasteiger partial charge in [-0.25, -0.2) is 4.79 Å². The van der Waals surface area contributed by atoms with E-state index in [4.69, 9.17) is 9.47 Å². The summed E-state index contributed by atoms with van der Waals surface area (Å²) in [5, 5.41) is 19.3. The van der Waals surface area contributed by atoms with E-state index in [0.29, 0.717) is 11.3 Å². The van der Waals surface area contributed by atoms with Crippen LogP contribution in [0.25, 0.3) is 0 Å². The highest BCUT2D eigenvalue weighted by Gasteiger charge is 2.17. The molecule has 0 radical (unpaired) electrons. The Morgan fingerprint density at radius 1 is 1.00 bits per heavy atom. The highest BCUT2D eigenvalue weighted by molar-refractivity contribution is 5.93. The fraction of sp³-hybridized carbons (Fsp3) is 0.188. The van der Waals surface area contributed by atoms with Crippen LogP contribution in [0.15, 0.2) is 42.5 Å². The van der Waals surface area contributed by atoms with Crippen LogP contribution >= 0.6 is 0 Å². The minimum Gasteiger partial charge on any atom is -0.504 e. The molecule has 0 aromatic heterocycles. The molecule has 5 heteroatoms. The quantitative estimate of drug-likeness (QED) is 0.502. The fourth-order valence-electron chi connectivity index (χ4n) is 1.73. The van der Waals surface area contributed by atoms with E-state index in [9.17, 15) is 15.0 Å². The van der Waals surface area contributed by atoms with Crippen molar-refractivity contribution in [3.05, 3.63) is 53.6 Å². The molecule has 110 valence electrons. The number of phenols is 2. The minimum atomic E-state index is -0.709. The Kier molecular flexibility index (Phi) is 4.66. The predicted molar refractivity (Wildman–Crippen MR) is 76.7 cm³/mol. The van der Waals surface area contributed by atoms with Gasteiger partial charge >= 0.3 is 5.97 Å². The maximum Gasteiger partial charge on any atom is 0.342 e. The van der Waals surface area contributed by atoms with Crippen LogP contribution < -0.4 is 4.74 Å². The molecule has 0 bridgehead atoms. The highest BCUT2D eigenvalue weighted by atomic mass is 16.6. The number of carbonyl (C=O) groups excluding carboxylic acids is 1. The van der Waals surface area contributed by atoms with Crippen molar-refractivity contribution in [3.63, 3.8) is 0 Å². The van der Waals surface area contributed by atoms with Gasteiger partial charge in [-0.3, -0.25) is 0 Å². The summed E-state index contributed by atoms with van der Waals surface area (Å²) >= 11 is 0. The number of esters is 1. The number of hydrogen-bond acceptors (Lipinski definition) is 5. The van der Waals surface area contributed by atoms with Crippen molar-refractivity contribution in [2.24, 2.45) is 0 Å². The standard InChI is InChI=1S/C16H16O5/c1-11-7-8-13(15(18)14(11)17)16(19)21-10-9-20-12-5-3-2-4-6-12/h2-8,17-18H,9-10H2,1H3. The number of benzene rings is 2. The molecule has 0 amide bonds. The third kappa shape index (κ3) is 3.66. The van der Waals surface area contributed by atoms with E-state index in [1.54, 1.807) is 19.1 Å². The Balaban J connectivity index is 1.87. The average molecular weight is 288 g/mol. The number of rotatable bonds is 5. The van der Waals surface area contributed by atoms with E-state index in [0.717, 1.165) is 0 Å². The molecule has 0 unspecified atom stereocenters. The van der Waals surface area contributed by atoms with Gasteiger partial charge < -0.3 is 19.7 Å². The summed E-state index contributed by atoms with van der Waals surface area (Å²) in [5.74, 6) is -0.808. The molecule has 5 nitrogen and oxygen atoms in total. The molecule has 0 atom stereocenters. The average Bonchev–Trinajstić information content (AvgIpc) is 2.50. The van der Waals surface area contributed by atoms with Crippen LogP contribution in [0, 0.1) is 6.92 Å². The Morgan fingerprint density at radius 2 is 1.71 bits per heavy atom. The third-order valence-electron chi connectivity index (χ3n) is 2.90. The smallest absolute Gasteiger partial charge is 0.342 e. The summed E-state index contributed by atoms with van der Waals surface area (Å²) in [6.45, 7) is 1.87. The summed E-state index contributed by atoms with van der Waals surface area (Å²) in [6.07, 6.45) is 0. The maximum atomic E-state index is 11.8. The maximum absolute atomic E-state index is 11.8. The molecule has 0 saturated carbocycles.